The van der Waals surface area contributed by atoms with Gasteiger partial charge in [0.15, 0.2) is 0 Å². The summed E-state index contributed by atoms with van der Waals surface area (Å²) in [5.74, 6) is -1.60. The Kier molecular flexibility index (Phi) is 5.22. The Morgan fingerprint density at radius 3 is 2.48 bits per heavy atom. The molecule has 0 spiro atoms. The van der Waals surface area contributed by atoms with Gasteiger partial charge in [-0.2, -0.15) is 5.10 Å². The molecule has 0 radical (unpaired) electrons. The first-order valence-corrected chi connectivity index (χ1v) is 6.89. The van der Waals surface area contributed by atoms with Gasteiger partial charge < -0.3 is 5.32 Å². The Morgan fingerprint density at radius 2 is 1.76 bits per heavy atom. The zero-order valence-electron chi connectivity index (χ0n) is 10.9. The van der Waals surface area contributed by atoms with Gasteiger partial charge in [-0.1, -0.05) is 46.3 Å². The first-order valence-electron chi connectivity index (χ1n) is 6.10. The van der Waals surface area contributed by atoms with Crippen molar-refractivity contribution in [3.05, 3.63) is 64.6 Å². The van der Waals surface area contributed by atoms with Crippen molar-refractivity contribution in [2.24, 2.45) is 5.10 Å². The summed E-state index contributed by atoms with van der Waals surface area (Å²) in [6.07, 6.45) is 1.46. The zero-order chi connectivity index (χ0) is 15.1. The fourth-order valence-corrected chi connectivity index (χ4v) is 1.93. The first kappa shape index (κ1) is 14.9. The molecule has 0 aliphatic carbocycles. The van der Waals surface area contributed by atoms with Crippen molar-refractivity contribution in [2.75, 3.05) is 5.32 Å². The van der Waals surface area contributed by atoms with Crippen molar-refractivity contribution >= 4 is 39.6 Å². The number of hydrogen-bond acceptors (Lipinski definition) is 3. The van der Waals surface area contributed by atoms with Gasteiger partial charge in [0.25, 0.3) is 0 Å². The number of rotatable bonds is 3. The molecule has 0 saturated heterocycles. The third kappa shape index (κ3) is 4.85. The van der Waals surface area contributed by atoms with Gasteiger partial charge in [0, 0.05) is 10.2 Å². The smallest absolute Gasteiger partial charge is 0.318 e. The number of nitrogens with one attached hydrogen (secondary N) is 2. The van der Waals surface area contributed by atoms with Crippen molar-refractivity contribution in [1.29, 1.82) is 0 Å². The van der Waals surface area contributed by atoms with Gasteiger partial charge in [0.2, 0.25) is 0 Å². The normalized spacial score (nSPS) is 10.3. The van der Waals surface area contributed by atoms with E-state index in [2.05, 4.69) is 31.8 Å². The number of hydrazone groups is 1. The molecule has 0 saturated carbocycles. The van der Waals surface area contributed by atoms with Gasteiger partial charge in [-0.15, -0.1) is 0 Å². The molecule has 0 atom stereocenters. The Hall–Kier alpha value is -2.47. The van der Waals surface area contributed by atoms with Crippen LogP contribution in [0, 0.1) is 0 Å². The van der Waals surface area contributed by atoms with E-state index in [0.717, 1.165) is 10.0 Å². The van der Waals surface area contributed by atoms with E-state index in [4.69, 9.17) is 0 Å². The molecule has 2 aromatic carbocycles. The number of carbonyl (C=O) groups excluding carboxylic acids is 2. The lowest BCUT2D eigenvalue weighted by Crippen LogP contribution is -2.32. The Bertz CT molecular complexity index is 672. The van der Waals surface area contributed by atoms with E-state index in [9.17, 15) is 9.59 Å². The van der Waals surface area contributed by atoms with E-state index >= 15 is 0 Å². The lowest BCUT2D eigenvalue weighted by molar-refractivity contribution is -0.136. The quantitative estimate of drug-likeness (QED) is 0.509. The van der Waals surface area contributed by atoms with Crippen LogP contribution in [0.3, 0.4) is 0 Å². The number of amides is 2. The monoisotopic (exact) mass is 345 g/mol. The molecule has 0 fully saturated rings. The highest BCUT2D eigenvalue weighted by molar-refractivity contribution is 9.10. The van der Waals surface area contributed by atoms with Gasteiger partial charge in [0.1, 0.15) is 0 Å². The summed E-state index contributed by atoms with van der Waals surface area (Å²) in [5, 5.41) is 6.21. The maximum atomic E-state index is 11.6. The maximum absolute atomic E-state index is 11.6. The van der Waals surface area contributed by atoms with Crippen molar-refractivity contribution in [2.45, 2.75) is 0 Å². The third-order valence-corrected chi connectivity index (χ3v) is 2.96. The fourth-order valence-electron chi connectivity index (χ4n) is 1.51. The van der Waals surface area contributed by atoms with Crippen LogP contribution in [0.5, 0.6) is 0 Å². The number of anilines is 1. The number of hydrogen-bond donors (Lipinski definition) is 2. The second kappa shape index (κ2) is 7.35. The number of benzene rings is 2. The second-order valence-corrected chi connectivity index (χ2v) is 4.99. The average Bonchev–Trinajstić information content (AvgIpc) is 2.48. The molecule has 106 valence electrons. The number of halogens is 1. The molecule has 21 heavy (non-hydrogen) atoms. The van der Waals surface area contributed by atoms with Crippen LogP contribution in [0.4, 0.5) is 5.69 Å². The summed E-state index contributed by atoms with van der Waals surface area (Å²) in [6.45, 7) is 0. The molecule has 0 bridgehead atoms. The SMILES string of the molecule is O=C(N/N=C/c1cccc(Br)c1)C(=O)Nc1ccccc1. The molecular formula is C15H12BrN3O2. The topological polar surface area (TPSA) is 70.6 Å². The van der Waals surface area contributed by atoms with Crippen LogP contribution in [0.15, 0.2) is 64.2 Å². The number of nitrogens with zero attached hydrogens (tertiary/aromatic N) is 1. The predicted molar refractivity (Wildman–Crippen MR) is 85.0 cm³/mol. The molecule has 0 aromatic heterocycles. The van der Waals surface area contributed by atoms with Crippen LogP contribution < -0.4 is 10.7 Å². The van der Waals surface area contributed by atoms with E-state index in [1.54, 1.807) is 24.3 Å². The summed E-state index contributed by atoms with van der Waals surface area (Å²) < 4.78 is 0.902. The zero-order valence-corrected chi connectivity index (χ0v) is 12.5. The van der Waals surface area contributed by atoms with Gasteiger partial charge in [-0.3, -0.25) is 9.59 Å². The lowest BCUT2D eigenvalue weighted by atomic mass is 10.2. The van der Waals surface area contributed by atoms with Crippen LogP contribution in [0.2, 0.25) is 0 Å². The molecule has 0 unspecified atom stereocenters. The Morgan fingerprint density at radius 1 is 1.00 bits per heavy atom. The van der Waals surface area contributed by atoms with Crippen LogP contribution in [0.25, 0.3) is 0 Å². The Balaban J connectivity index is 1.88. The minimum atomic E-state index is -0.829. The number of para-hydroxylation sites is 1. The van der Waals surface area contributed by atoms with E-state index in [1.807, 2.05) is 30.3 Å². The van der Waals surface area contributed by atoms with Gasteiger partial charge in [-0.25, -0.2) is 5.43 Å². The molecule has 2 rings (SSSR count). The molecule has 0 aliphatic heterocycles. The molecule has 5 nitrogen and oxygen atoms in total. The molecule has 2 aromatic rings. The average molecular weight is 346 g/mol. The summed E-state index contributed by atoms with van der Waals surface area (Å²) >= 11 is 3.33. The lowest BCUT2D eigenvalue weighted by Gasteiger charge is -2.03. The summed E-state index contributed by atoms with van der Waals surface area (Å²) in [4.78, 5) is 23.2. The van der Waals surface area contributed by atoms with Gasteiger partial charge in [0.05, 0.1) is 6.21 Å². The van der Waals surface area contributed by atoms with Gasteiger partial charge in [-0.05, 0) is 29.8 Å². The minimum Gasteiger partial charge on any atom is -0.318 e. The maximum Gasteiger partial charge on any atom is 0.329 e. The highest BCUT2D eigenvalue weighted by Crippen LogP contribution is 2.09. The number of carbonyl (C=O) groups is 2. The van der Waals surface area contributed by atoms with Crippen molar-refractivity contribution < 1.29 is 9.59 Å². The van der Waals surface area contributed by atoms with Crippen LogP contribution in [0.1, 0.15) is 5.56 Å². The molecule has 2 N–H and O–H groups in total. The third-order valence-electron chi connectivity index (χ3n) is 2.47. The van der Waals surface area contributed by atoms with Crippen molar-refractivity contribution in [3.8, 4) is 0 Å². The summed E-state index contributed by atoms with van der Waals surface area (Å²) in [7, 11) is 0. The van der Waals surface area contributed by atoms with E-state index in [-0.39, 0.29) is 0 Å². The largest absolute Gasteiger partial charge is 0.329 e. The summed E-state index contributed by atoms with van der Waals surface area (Å²) in [6, 6.07) is 16.1. The Labute approximate surface area is 130 Å². The predicted octanol–water partition coefficient (Wildman–Crippen LogP) is 2.54. The first-order chi connectivity index (χ1) is 10.1. The molecular weight excluding hydrogens is 334 g/mol. The van der Waals surface area contributed by atoms with E-state index in [1.165, 1.54) is 6.21 Å². The molecule has 6 heteroatoms. The highest BCUT2D eigenvalue weighted by Gasteiger charge is 2.12. The van der Waals surface area contributed by atoms with Crippen LogP contribution >= 0.6 is 15.9 Å². The molecule has 0 aliphatic rings. The highest BCUT2D eigenvalue weighted by atomic mass is 79.9. The molecule has 0 heterocycles. The van der Waals surface area contributed by atoms with Crippen molar-refractivity contribution in [1.82, 2.24) is 5.43 Å². The van der Waals surface area contributed by atoms with Gasteiger partial charge >= 0.3 is 11.8 Å². The van der Waals surface area contributed by atoms with Crippen LogP contribution in [-0.4, -0.2) is 18.0 Å². The van der Waals surface area contributed by atoms with Crippen molar-refractivity contribution in [3.63, 3.8) is 0 Å². The fraction of sp³-hybridized carbons (Fsp3) is 0. The van der Waals surface area contributed by atoms with E-state index < -0.39 is 11.8 Å². The molecule has 2 amide bonds. The standard InChI is InChI=1S/C15H12BrN3O2/c16-12-6-4-5-11(9-12)10-17-19-15(21)14(20)18-13-7-2-1-3-8-13/h1-10H,(H,18,20)(H,19,21)/b17-10+. The van der Waals surface area contributed by atoms with E-state index in [0.29, 0.717) is 5.69 Å². The second-order valence-electron chi connectivity index (χ2n) is 4.07. The minimum absolute atomic E-state index is 0.550. The summed E-state index contributed by atoms with van der Waals surface area (Å²) in [5.41, 5.74) is 3.52. The van der Waals surface area contributed by atoms with Crippen LogP contribution in [-0.2, 0) is 9.59 Å².